The van der Waals surface area contributed by atoms with E-state index in [1.807, 2.05) is 48.5 Å². The largest absolute Gasteiger partial charge is 0.497 e. The molecule has 0 saturated heterocycles. The number of aliphatic hydroxyl groups is 1. The van der Waals surface area contributed by atoms with E-state index in [9.17, 15) is 5.11 Å². The van der Waals surface area contributed by atoms with Gasteiger partial charge < -0.3 is 15.6 Å². The summed E-state index contributed by atoms with van der Waals surface area (Å²) in [6, 6.07) is 15.2. The lowest BCUT2D eigenvalue weighted by Gasteiger charge is -2.25. The number of fused-ring (bicyclic) bond motifs is 1. The number of rotatable bonds is 2. The molecule has 3 N–H and O–H groups in total. The average Bonchev–Trinajstić information content (AvgIpc) is 2.73. The van der Waals surface area contributed by atoms with E-state index in [4.69, 9.17) is 10.5 Å². The molecule has 0 fully saturated rings. The van der Waals surface area contributed by atoms with Crippen molar-refractivity contribution in [3.63, 3.8) is 0 Å². The maximum atomic E-state index is 11.1. The quantitative estimate of drug-likeness (QED) is 0.866. The van der Waals surface area contributed by atoms with Crippen LogP contribution in [-0.4, -0.2) is 12.2 Å². The van der Waals surface area contributed by atoms with Crippen molar-refractivity contribution in [2.75, 3.05) is 7.11 Å². The van der Waals surface area contributed by atoms with Gasteiger partial charge in [-0.05, 0) is 28.8 Å². The summed E-state index contributed by atoms with van der Waals surface area (Å²) < 4.78 is 5.23. The monoisotopic (exact) mass is 255 g/mol. The van der Waals surface area contributed by atoms with Crippen LogP contribution >= 0.6 is 0 Å². The molecular weight excluding hydrogens is 238 g/mol. The SMILES string of the molecule is COc1cccc(C2(O)CC(N)c3ccccc32)c1. The summed E-state index contributed by atoms with van der Waals surface area (Å²) in [5.74, 6) is 0.740. The van der Waals surface area contributed by atoms with Crippen molar-refractivity contribution in [1.82, 2.24) is 0 Å². The van der Waals surface area contributed by atoms with Crippen LogP contribution in [0.15, 0.2) is 48.5 Å². The smallest absolute Gasteiger partial charge is 0.119 e. The number of methoxy groups -OCH3 is 1. The third-order valence-corrected chi connectivity index (χ3v) is 3.87. The molecular formula is C16H17NO2. The number of nitrogens with two attached hydrogens (primary N) is 1. The molecule has 3 rings (SSSR count). The third kappa shape index (κ3) is 1.82. The predicted molar refractivity (Wildman–Crippen MR) is 74.0 cm³/mol. The van der Waals surface area contributed by atoms with Crippen LogP contribution in [0.4, 0.5) is 0 Å². The summed E-state index contributed by atoms with van der Waals surface area (Å²) >= 11 is 0. The topological polar surface area (TPSA) is 55.5 Å². The molecule has 1 aliphatic rings. The van der Waals surface area contributed by atoms with Crippen LogP contribution in [-0.2, 0) is 5.60 Å². The molecule has 2 aromatic carbocycles. The number of hydrogen-bond donors (Lipinski definition) is 2. The van der Waals surface area contributed by atoms with Crippen LogP contribution in [0.3, 0.4) is 0 Å². The molecule has 0 heterocycles. The highest BCUT2D eigenvalue weighted by atomic mass is 16.5. The first-order valence-electron chi connectivity index (χ1n) is 6.37. The van der Waals surface area contributed by atoms with Gasteiger partial charge in [0.25, 0.3) is 0 Å². The zero-order valence-corrected chi connectivity index (χ0v) is 10.8. The van der Waals surface area contributed by atoms with E-state index in [0.29, 0.717) is 6.42 Å². The molecule has 0 bridgehead atoms. The molecule has 0 radical (unpaired) electrons. The Kier molecular flexibility index (Phi) is 2.81. The second-order valence-corrected chi connectivity index (χ2v) is 4.99. The van der Waals surface area contributed by atoms with Crippen LogP contribution in [0.25, 0.3) is 0 Å². The molecule has 2 atom stereocenters. The van der Waals surface area contributed by atoms with Gasteiger partial charge in [0, 0.05) is 12.5 Å². The van der Waals surface area contributed by atoms with E-state index in [1.54, 1.807) is 7.11 Å². The molecule has 1 aliphatic carbocycles. The van der Waals surface area contributed by atoms with Crippen molar-refractivity contribution in [3.05, 3.63) is 65.2 Å². The Bertz CT molecular complexity index is 611. The standard InChI is InChI=1S/C16H17NO2/c1-19-12-6-4-5-11(9-12)16(18)10-15(17)13-7-2-3-8-14(13)16/h2-9,15,18H,10,17H2,1H3. The molecule has 3 heteroatoms. The van der Waals surface area contributed by atoms with Crippen LogP contribution < -0.4 is 10.5 Å². The fraction of sp³-hybridized carbons (Fsp3) is 0.250. The summed E-state index contributed by atoms with van der Waals surface area (Å²) in [7, 11) is 1.62. The van der Waals surface area contributed by atoms with Gasteiger partial charge in [0.1, 0.15) is 11.4 Å². The van der Waals surface area contributed by atoms with Crippen LogP contribution in [0.2, 0.25) is 0 Å². The Morgan fingerprint density at radius 2 is 2.00 bits per heavy atom. The van der Waals surface area contributed by atoms with E-state index < -0.39 is 5.60 Å². The molecule has 0 saturated carbocycles. The first kappa shape index (κ1) is 12.2. The van der Waals surface area contributed by atoms with Gasteiger partial charge in [-0.3, -0.25) is 0 Å². The Balaban J connectivity index is 2.14. The first-order valence-corrected chi connectivity index (χ1v) is 6.37. The molecule has 0 aromatic heterocycles. The lowest BCUT2D eigenvalue weighted by molar-refractivity contribution is 0.0774. The average molecular weight is 255 g/mol. The van der Waals surface area contributed by atoms with Gasteiger partial charge in [0.2, 0.25) is 0 Å². The Hall–Kier alpha value is -1.84. The molecule has 0 aliphatic heterocycles. The highest BCUT2D eigenvalue weighted by molar-refractivity contribution is 5.48. The van der Waals surface area contributed by atoms with Crippen molar-refractivity contribution in [1.29, 1.82) is 0 Å². The summed E-state index contributed by atoms with van der Waals surface area (Å²) in [6.45, 7) is 0. The molecule has 19 heavy (non-hydrogen) atoms. The van der Waals surface area contributed by atoms with Crippen molar-refractivity contribution in [2.24, 2.45) is 5.73 Å². The van der Waals surface area contributed by atoms with Gasteiger partial charge in [-0.25, -0.2) is 0 Å². The van der Waals surface area contributed by atoms with Crippen molar-refractivity contribution >= 4 is 0 Å². The molecule has 2 unspecified atom stereocenters. The minimum atomic E-state index is -1.02. The van der Waals surface area contributed by atoms with E-state index in [-0.39, 0.29) is 6.04 Å². The lowest BCUT2D eigenvalue weighted by Crippen LogP contribution is -2.25. The van der Waals surface area contributed by atoms with Crippen molar-refractivity contribution in [3.8, 4) is 5.75 Å². The summed E-state index contributed by atoms with van der Waals surface area (Å²) in [5.41, 5.74) is 7.86. The molecule has 2 aromatic rings. The zero-order chi connectivity index (χ0) is 13.5. The number of ether oxygens (including phenoxy) is 1. The molecule has 0 spiro atoms. The minimum absolute atomic E-state index is 0.132. The summed E-state index contributed by atoms with van der Waals surface area (Å²) in [4.78, 5) is 0. The van der Waals surface area contributed by atoms with Gasteiger partial charge >= 0.3 is 0 Å². The van der Waals surface area contributed by atoms with E-state index >= 15 is 0 Å². The Labute approximate surface area is 112 Å². The van der Waals surface area contributed by atoms with E-state index in [2.05, 4.69) is 0 Å². The van der Waals surface area contributed by atoms with Crippen LogP contribution in [0.5, 0.6) is 5.75 Å². The van der Waals surface area contributed by atoms with Gasteiger partial charge in [-0.1, -0.05) is 36.4 Å². The van der Waals surface area contributed by atoms with Crippen molar-refractivity contribution in [2.45, 2.75) is 18.1 Å². The van der Waals surface area contributed by atoms with Gasteiger partial charge in [0.15, 0.2) is 0 Å². The lowest BCUT2D eigenvalue weighted by atomic mass is 9.88. The fourth-order valence-electron chi connectivity index (χ4n) is 2.89. The maximum absolute atomic E-state index is 11.1. The number of hydrogen-bond acceptors (Lipinski definition) is 3. The van der Waals surface area contributed by atoms with Crippen LogP contribution in [0, 0.1) is 0 Å². The van der Waals surface area contributed by atoms with Gasteiger partial charge in [0.05, 0.1) is 7.11 Å². The number of benzene rings is 2. The normalized spacial score (nSPS) is 25.1. The zero-order valence-electron chi connectivity index (χ0n) is 10.8. The Morgan fingerprint density at radius 3 is 2.79 bits per heavy atom. The molecule has 0 amide bonds. The highest BCUT2D eigenvalue weighted by Gasteiger charge is 2.42. The minimum Gasteiger partial charge on any atom is -0.497 e. The van der Waals surface area contributed by atoms with Crippen molar-refractivity contribution < 1.29 is 9.84 Å². The van der Waals surface area contributed by atoms with E-state index in [1.165, 1.54) is 0 Å². The van der Waals surface area contributed by atoms with Crippen LogP contribution in [0.1, 0.15) is 29.2 Å². The van der Waals surface area contributed by atoms with E-state index in [0.717, 1.165) is 22.4 Å². The summed E-state index contributed by atoms with van der Waals surface area (Å²) in [6.07, 6.45) is 0.500. The third-order valence-electron chi connectivity index (χ3n) is 3.87. The summed E-state index contributed by atoms with van der Waals surface area (Å²) in [5, 5.41) is 11.1. The predicted octanol–water partition coefficient (Wildman–Crippen LogP) is 2.33. The molecule has 3 nitrogen and oxygen atoms in total. The fourth-order valence-corrected chi connectivity index (χ4v) is 2.89. The first-order chi connectivity index (χ1) is 9.15. The van der Waals surface area contributed by atoms with Gasteiger partial charge in [-0.15, -0.1) is 0 Å². The Morgan fingerprint density at radius 1 is 1.21 bits per heavy atom. The van der Waals surface area contributed by atoms with Gasteiger partial charge in [-0.2, -0.15) is 0 Å². The molecule has 98 valence electrons. The second kappa shape index (κ2) is 4.37. The second-order valence-electron chi connectivity index (χ2n) is 4.99. The maximum Gasteiger partial charge on any atom is 0.119 e. The highest BCUT2D eigenvalue weighted by Crippen LogP contribution is 2.46.